The summed E-state index contributed by atoms with van der Waals surface area (Å²) in [5.74, 6) is 1.41. The molecule has 1 saturated heterocycles. The predicted molar refractivity (Wildman–Crippen MR) is 92.9 cm³/mol. The summed E-state index contributed by atoms with van der Waals surface area (Å²) in [5.41, 5.74) is 1.77. The second kappa shape index (κ2) is 6.19. The van der Waals surface area contributed by atoms with Gasteiger partial charge in [-0.1, -0.05) is 6.07 Å². The summed E-state index contributed by atoms with van der Waals surface area (Å²) in [4.78, 5) is 28.5. The highest BCUT2D eigenvalue weighted by Crippen LogP contribution is 2.38. The second-order valence-corrected chi connectivity index (χ2v) is 6.47. The lowest BCUT2D eigenvalue weighted by Crippen LogP contribution is -2.44. The quantitative estimate of drug-likeness (QED) is 0.939. The lowest BCUT2D eigenvalue weighted by molar-refractivity contribution is 0.0597. The van der Waals surface area contributed by atoms with Crippen LogP contribution in [0.25, 0.3) is 0 Å². The Morgan fingerprint density at radius 3 is 2.83 bits per heavy atom. The van der Waals surface area contributed by atoms with Gasteiger partial charge in [-0.25, -0.2) is 9.97 Å². The third-order valence-electron chi connectivity index (χ3n) is 4.69. The minimum atomic E-state index is -0.515. The maximum Gasteiger partial charge on any atom is 0.273 e. The number of aromatic nitrogens is 3. The minimum Gasteiger partial charge on any atom is -0.373 e. The van der Waals surface area contributed by atoms with Crippen LogP contribution in [0.15, 0.2) is 24.4 Å². The number of hydrogen-bond donors (Lipinski definition) is 1. The molecule has 0 bridgehead atoms. The highest BCUT2D eigenvalue weighted by molar-refractivity contribution is 5.94. The Kier molecular flexibility index (Phi) is 4.22. The Morgan fingerprint density at radius 2 is 2.12 bits per heavy atom. The van der Waals surface area contributed by atoms with E-state index in [4.69, 9.17) is 0 Å². The highest BCUT2D eigenvalue weighted by Gasteiger charge is 2.44. The molecule has 2 aromatic heterocycles. The van der Waals surface area contributed by atoms with Gasteiger partial charge in [0.25, 0.3) is 5.91 Å². The monoisotopic (exact) mass is 325 g/mol. The van der Waals surface area contributed by atoms with E-state index in [1.165, 1.54) is 0 Å². The van der Waals surface area contributed by atoms with E-state index in [2.05, 4.69) is 20.3 Å². The van der Waals surface area contributed by atoms with Crippen molar-refractivity contribution in [1.82, 2.24) is 19.9 Å². The number of anilines is 1. The van der Waals surface area contributed by atoms with Crippen molar-refractivity contribution in [2.75, 3.05) is 18.9 Å². The maximum atomic E-state index is 13.1. The normalized spacial score (nSPS) is 20.2. The van der Waals surface area contributed by atoms with Gasteiger partial charge in [-0.05, 0) is 45.2 Å². The van der Waals surface area contributed by atoms with E-state index in [0.29, 0.717) is 18.1 Å². The molecule has 6 heteroatoms. The van der Waals surface area contributed by atoms with Gasteiger partial charge in [0.1, 0.15) is 17.1 Å². The molecule has 6 nitrogen and oxygen atoms in total. The first kappa shape index (κ1) is 16.4. The van der Waals surface area contributed by atoms with Gasteiger partial charge in [-0.2, -0.15) is 0 Å². The number of nitrogens with zero attached hydrogens (tertiary/aromatic N) is 4. The number of rotatable bonds is 3. The lowest BCUT2D eigenvalue weighted by atomic mass is 9.96. The van der Waals surface area contributed by atoms with E-state index < -0.39 is 5.54 Å². The topological polar surface area (TPSA) is 71.0 Å². The van der Waals surface area contributed by atoms with Crippen LogP contribution in [0.4, 0.5) is 5.82 Å². The number of likely N-dealkylation sites (tertiary alicyclic amines) is 1. The molecule has 1 atom stereocenters. The van der Waals surface area contributed by atoms with E-state index in [-0.39, 0.29) is 5.91 Å². The average Bonchev–Trinajstić information content (AvgIpc) is 2.97. The van der Waals surface area contributed by atoms with Crippen molar-refractivity contribution in [2.24, 2.45) is 0 Å². The Balaban J connectivity index is 2.02. The van der Waals surface area contributed by atoms with Gasteiger partial charge in [0.2, 0.25) is 0 Å². The van der Waals surface area contributed by atoms with E-state index in [1.807, 2.05) is 50.9 Å². The largest absolute Gasteiger partial charge is 0.373 e. The molecule has 0 saturated carbocycles. The highest BCUT2D eigenvalue weighted by atomic mass is 16.2. The number of carbonyl (C=O) groups is 1. The molecule has 1 amide bonds. The number of nitrogens with one attached hydrogen (secondary N) is 1. The lowest BCUT2D eigenvalue weighted by Gasteiger charge is -2.34. The number of carbonyl (C=O) groups excluding carboxylic acids is 1. The molecule has 1 fully saturated rings. The van der Waals surface area contributed by atoms with Crippen molar-refractivity contribution < 1.29 is 4.79 Å². The van der Waals surface area contributed by atoms with E-state index in [1.54, 1.807) is 6.20 Å². The molecule has 0 aliphatic carbocycles. The van der Waals surface area contributed by atoms with E-state index in [0.717, 1.165) is 29.9 Å². The van der Waals surface area contributed by atoms with Gasteiger partial charge in [0.05, 0.1) is 0 Å². The van der Waals surface area contributed by atoms with E-state index >= 15 is 0 Å². The molecule has 3 rings (SSSR count). The van der Waals surface area contributed by atoms with Gasteiger partial charge in [-0.3, -0.25) is 9.78 Å². The molecule has 3 heterocycles. The number of aryl methyl sites for hydroxylation is 2. The molecule has 1 N–H and O–H groups in total. The van der Waals surface area contributed by atoms with Crippen molar-refractivity contribution in [1.29, 1.82) is 0 Å². The Hall–Kier alpha value is -2.50. The summed E-state index contributed by atoms with van der Waals surface area (Å²) in [7, 11) is 1.84. The number of amides is 1. The van der Waals surface area contributed by atoms with Crippen LogP contribution in [0.1, 0.15) is 47.3 Å². The molecule has 0 spiro atoms. The van der Waals surface area contributed by atoms with Crippen molar-refractivity contribution in [3.63, 3.8) is 0 Å². The number of pyridine rings is 1. The fourth-order valence-electron chi connectivity index (χ4n) is 3.30. The third kappa shape index (κ3) is 2.72. The predicted octanol–water partition coefficient (Wildman–Crippen LogP) is 2.68. The van der Waals surface area contributed by atoms with Gasteiger partial charge in [0.15, 0.2) is 5.82 Å². The molecule has 2 aromatic rings. The first-order valence-electron chi connectivity index (χ1n) is 8.23. The van der Waals surface area contributed by atoms with Gasteiger partial charge in [0, 0.05) is 31.5 Å². The van der Waals surface area contributed by atoms with Crippen molar-refractivity contribution in [3.8, 4) is 0 Å². The van der Waals surface area contributed by atoms with Crippen LogP contribution < -0.4 is 5.32 Å². The fourth-order valence-corrected chi connectivity index (χ4v) is 3.30. The SMILES string of the molecule is CNc1cc(C)nc(C2(C)CCCN2C(=O)c2ncccc2C)n1. The third-order valence-corrected chi connectivity index (χ3v) is 4.69. The summed E-state index contributed by atoms with van der Waals surface area (Å²) >= 11 is 0. The molecule has 24 heavy (non-hydrogen) atoms. The molecular formula is C18H23N5O. The Labute approximate surface area is 142 Å². The van der Waals surface area contributed by atoms with Crippen LogP contribution in [-0.2, 0) is 5.54 Å². The van der Waals surface area contributed by atoms with Crippen LogP contribution in [0.3, 0.4) is 0 Å². The summed E-state index contributed by atoms with van der Waals surface area (Å²) in [5, 5.41) is 3.07. The zero-order valence-electron chi connectivity index (χ0n) is 14.6. The summed E-state index contributed by atoms with van der Waals surface area (Å²) in [6.07, 6.45) is 3.44. The van der Waals surface area contributed by atoms with Crippen LogP contribution in [0, 0.1) is 13.8 Å². The van der Waals surface area contributed by atoms with Gasteiger partial charge < -0.3 is 10.2 Å². The summed E-state index contributed by atoms with van der Waals surface area (Å²) in [6.45, 7) is 6.59. The van der Waals surface area contributed by atoms with Crippen LogP contribution in [0.5, 0.6) is 0 Å². The standard InChI is InChI=1S/C18H23N5O/c1-12-7-5-9-20-15(12)16(24)23-10-6-8-18(23,3)17-21-13(2)11-14(19-4)22-17/h5,7,9,11H,6,8,10H2,1-4H3,(H,19,21,22). The molecule has 0 aromatic carbocycles. The zero-order chi connectivity index (χ0) is 17.3. The van der Waals surface area contributed by atoms with Crippen molar-refractivity contribution in [2.45, 2.75) is 39.2 Å². The van der Waals surface area contributed by atoms with Gasteiger partial charge in [-0.15, -0.1) is 0 Å². The van der Waals surface area contributed by atoms with Crippen LogP contribution in [0.2, 0.25) is 0 Å². The first-order chi connectivity index (χ1) is 11.5. The molecule has 1 aliphatic rings. The number of hydrogen-bond acceptors (Lipinski definition) is 5. The van der Waals surface area contributed by atoms with Gasteiger partial charge >= 0.3 is 0 Å². The molecular weight excluding hydrogens is 302 g/mol. The van der Waals surface area contributed by atoms with Crippen molar-refractivity contribution >= 4 is 11.7 Å². The van der Waals surface area contributed by atoms with Crippen LogP contribution >= 0.6 is 0 Å². The second-order valence-electron chi connectivity index (χ2n) is 6.47. The Bertz CT molecular complexity index is 776. The minimum absolute atomic E-state index is 0.0517. The fraction of sp³-hybridized carbons (Fsp3) is 0.444. The summed E-state index contributed by atoms with van der Waals surface area (Å²) < 4.78 is 0. The Morgan fingerprint density at radius 1 is 1.33 bits per heavy atom. The molecule has 126 valence electrons. The molecule has 1 aliphatic heterocycles. The molecule has 0 radical (unpaired) electrons. The van der Waals surface area contributed by atoms with Crippen LogP contribution in [-0.4, -0.2) is 39.4 Å². The van der Waals surface area contributed by atoms with Crippen molar-refractivity contribution in [3.05, 3.63) is 47.2 Å². The zero-order valence-corrected chi connectivity index (χ0v) is 14.6. The average molecular weight is 325 g/mol. The smallest absolute Gasteiger partial charge is 0.273 e. The first-order valence-corrected chi connectivity index (χ1v) is 8.23. The molecule has 1 unspecified atom stereocenters. The summed E-state index contributed by atoms with van der Waals surface area (Å²) in [6, 6.07) is 5.66. The maximum absolute atomic E-state index is 13.1. The van der Waals surface area contributed by atoms with E-state index in [9.17, 15) is 4.79 Å².